The van der Waals surface area contributed by atoms with Crippen molar-refractivity contribution in [2.45, 2.75) is 32.7 Å². The molecule has 1 aromatic carbocycles. The van der Waals surface area contributed by atoms with Gasteiger partial charge in [0.05, 0.1) is 6.04 Å². The summed E-state index contributed by atoms with van der Waals surface area (Å²) < 4.78 is 12.9. The van der Waals surface area contributed by atoms with Crippen molar-refractivity contribution in [3.05, 3.63) is 58.0 Å². The van der Waals surface area contributed by atoms with Crippen molar-refractivity contribution in [3.8, 4) is 0 Å². The van der Waals surface area contributed by atoms with Crippen molar-refractivity contribution in [2.24, 2.45) is 0 Å². The Labute approximate surface area is 169 Å². The predicted molar refractivity (Wildman–Crippen MR) is 111 cm³/mol. The fraction of sp³-hybridized carbons (Fsp3) is 0.429. The molecule has 0 aliphatic carbocycles. The molecule has 0 fully saturated rings. The molecule has 2 rings (SSSR count). The SMILES string of the molecule is CCN(CC)C(CNC(=O)CCCNC(=O)c1ccc(F)cc1)c1ccsc1. The standard InChI is InChI=1S/C21H28FN3O2S/c1-3-25(4-2)19(17-11-13-28-15-17)14-24-20(26)6-5-12-23-21(27)16-7-9-18(22)10-8-16/h7-11,13,15,19H,3-6,12,14H2,1-2H3,(H,23,27)(H,24,26). The van der Waals surface area contributed by atoms with Gasteiger partial charge >= 0.3 is 0 Å². The minimum Gasteiger partial charge on any atom is -0.354 e. The molecule has 2 N–H and O–H groups in total. The van der Waals surface area contributed by atoms with Crippen molar-refractivity contribution in [1.82, 2.24) is 15.5 Å². The Morgan fingerprint density at radius 1 is 1.11 bits per heavy atom. The maximum absolute atomic E-state index is 12.9. The Hall–Kier alpha value is -2.25. The highest BCUT2D eigenvalue weighted by Crippen LogP contribution is 2.22. The fourth-order valence-corrected chi connectivity index (χ4v) is 3.75. The van der Waals surface area contributed by atoms with Crippen LogP contribution >= 0.6 is 11.3 Å². The van der Waals surface area contributed by atoms with Gasteiger partial charge in [0.15, 0.2) is 0 Å². The molecule has 0 aliphatic rings. The lowest BCUT2D eigenvalue weighted by Gasteiger charge is -2.29. The van der Waals surface area contributed by atoms with Gasteiger partial charge in [-0.2, -0.15) is 11.3 Å². The van der Waals surface area contributed by atoms with Gasteiger partial charge in [0, 0.05) is 25.1 Å². The van der Waals surface area contributed by atoms with E-state index in [-0.39, 0.29) is 23.7 Å². The molecule has 28 heavy (non-hydrogen) atoms. The molecule has 1 aromatic heterocycles. The van der Waals surface area contributed by atoms with E-state index in [9.17, 15) is 14.0 Å². The summed E-state index contributed by atoms with van der Waals surface area (Å²) in [5.74, 6) is -0.665. The van der Waals surface area contributed by atoms with E-state index in [1.54, 1.807) is 11.3 Å². The Morgan fingerprint density at radius 3 is 2.43 bits per heavy atom. The third kappa shape index (κ3) is 6.73. The van der Waals surface area contributed by atoms with Crippen LogP contribution in [0.4, 0.5) is 4.39 Å². The van der Waals surface area contributed by atoms with Gasteiger partial charge in [0.1, 0.15) is 5.82 Å². The van der Waals surface area contributed by atoms with Crippen LogP contribution in [0.15, 0.2) is 41.1 Å². The zero-order valence-corrected chi connectivity index (χ0v) is 17.2. The largest absolute Gasteiger partial charge is 0.354 e. The van der Waals surface area contributed by atoms with Gasteiger partial charge in [0.2, 0.25) is 5.91 Å². The molecule has 0 saturated heterocycles. The molecule has 152 valence electrons. The van der Waals surface area contributed by atoms with Crippen LogP contribution in [0.1, 0.15) is 48.7 Å². The molecule has 0 spiro atoms. The van der Waals surface area contributed by atoms with Crippen molar-refractivity contribution in [2.75, 3.05) is 26.2 Å². The van der Waals surface area contributed by atoms with Crippen LogP contribution in [-0.4, -0.2) is 42.9 Å². The lowest BCUT2D eigenvalue weighted by molar-refractivity contribution is -0.121. The Morgan fingerprint density at radius 2 is 1.82 bits per heavy atom. The molecule has 0 radical (unpaired) electrons. The second-order valence-corrected chi connectivity index (χ2v) is 7.24. The van der Waals surface area contributed by atoms with Crippen LogP contribution in [0.25, 0.3) is 0 Å². The molecule has 0 saturated carbocycles. The highest BCUT2D eigenvalue weighted by Gasteiger charge is 2.19. The number of nitrogens with one attached hydrogen (secondary N) is 2. The van der Waals surface area contributed by atoms with Crippen LogP contribution in [-0.2, 0) is 4.79 Å². The van der Waals surface area contributed by atoms with Crippen LogP contribution in [0.3, 0.4) is 0 Å². The number of amides is 2. The summed E-state index contributed by atoms with van der Waals surface area (Å²) >= 11 is 1.66. The van der Waals surface area contributed by atoms with Crippen molar-refractivity contribution < 1.29 is 14.0 Å². The molecule has 1 heterocycles. The number of hydrogen-bond donors (Lipinski definition) is 2. The quantitative estimate of drug-likeness (QED) is 0.562. The summed E-state index contributed by atoms with van der Waals surface area (Å²) in [7, 11) is 0. The number of carbonyl (C=O) groups is 2. The number of benzene rings is 1. The molecule has 2 aromatic rings. The number of nitrogens with zero attached hydrogens (tertiary/aromatic N) is 1. The lowest BCUT2D eigenvalue weighted by Crippen LogP contribution is -2.38. The molecule has 7 heteroatoms. The monoisotopic (exact) mass is 405 g/mol. The normalized spacial score (nSPS) is 12.0. The molecular weight excluding hydrogens is 377 g/mol. The molecular formula is C21H28FN3O2S. The number of rotatable bonds is 11. The van der Waals surface area contributed by atoms with Gasteiger partial charge in [0.25, 0.3) is 5.91 Å². The van der Waals surface area contributed by atoms with E-state index < -0.39 is 0 Å². The lowest BCUT2D eigenvalue weighted by atomic mass is 10.1. The number of hydrogen-bond acceptors (Lipinski definition) is 4. The first-order valence-corrected chi connectivity index (χ1v) is 10.6. The van der Waals surface area contributed by atoms with Crippen LogP contribution in [0, 0.1) is 5.82 Å². The fourth-order valence-electron chi connectivity index (χ4n) is 3.04. The summed E-state index contributed by atoms with van der Waals surface area (Å²) in [6, 6.07) is 7.66. The topological polar surface area (TPSA) is 61.4 Å². The van der Waals surface area contributed by atoms with E-state index in [4.69, 9.17) is 0 Å². The van der Waals surface area contributed by atoms with Gasteiger partial charge in [-0.3, -0.25) is 14.5 Å². The van der Waals surface area contributed by atoms with E-state index in [1.807, 2.05) is 0 Å². The van der Waals surface area contributed by atoms with E-state index in [2.05, 4.69) is 46.2 Å². The molecule has 1 unspecified atom stereocenters. The second kappa shape index (κ2) is 11.6. The number of halogens is 1. The van der Waals surface area contributed by atoms with Gasteiger partial charge in [-0.15, -0.1) is 0 Å². The van der Waals surface area contributed by atoms with Gasteiger partial charge in [-0.05, 0) is 66.2 Å². The van der Waals surface area contributed by atoms with Crippen LogP contribution < -0.4 is 10.6 Å². The summed E-state index contributed by atoms with van der Waals surface area (Å²) in [4.78, 5) is 26.5. The van der Waals surface area contributed by atoms with E-state index in [0.29, 0.717) is 31.5 Å². The van der Waals surface area contributed by atoms with Gasteiger partial charge in [-0.1, -0.05) is 13.8 Å². The maximum Gasteiger partial charge on any atom is 0.251 e. The summed E-state index contributed by atoms with van der Waals surface area (Å²) in [6.07, 6.45) is 0.894. The first-order chi connectivity index (χ1) is 13.5. The first-order valence-electron chi connectivity index (χ1n) is 9.61. The van der Waals surface area contributed by atoms with E-state index >= 15 is 0 Å². The number of likely N-dealkylation sites (N-methyl/N-ethyl adjacent to an activating group) is 1. The number of thiophene rings is 1. The molecule has 0 aliphatic heterocycles. The van der Waals surface area contributed by atoms with E-state index in [0.717, 1.165) is 13.1 Å². The van der Waals surface area contributed by atoms with Crippen molar-refractivity contribution >= 4 is 23.2 Å². The predicted octanol–water partition coefficient (Wildman–Crippen LogP) is 3.60. The maximum atomic E-state index is 12.9. The average molecular weight is 406 g/mol. The summed E-state index contributed by atoms with van der Waals surface area (Å²) in [5.41, 5.74) is 1.63. The Balaban J connectivity index is 1.72. The zero-order valence-electron chi connectivity index (χ0n) is 16.4. The Kier molecular flexibility index (Phi) is 9.10. The highest BCUT2D eigenvalue weighted by molar-refractivity contribution is 7.07. The van der Waals surface area contributed by atoms with Gasteiger partial charge < -0.3 is 10.6 Å². The third-order valence-corrected chi connectivity index (χ3v) is 5.35. The highest BCUT2D eigenvalue weighted by atomic mass is 32.1. The van der Waals surface area contributed by atoms with Crippen LogP contribution in [0.2, 0.25) is 0 Å². The van der Waals surface area contributed by atoms with Crippen LogP contribution in [0.5, 0.6) is 0 Å². The third-order valence-electron chi connectivity index (χ3n) is 4.65. The van der Waals surface area contributed by atoms with Gasteiger partial charge in [-0.25, -0.2) is 4.39 Å². The first kappa shape index (κ1) is 22.0. The molecule has 5 nitrogen and oxygen atoms in total. The van der Waals surface area contributed by atoms with Crippen molar-refractivity contribution in [1.29, 1.82) is 0 Å². The minimum atomic E-state index is -0.376. The molecule has 2 amide bonds. The smallest absolute Gasteiger partial charge is 0.251 e. The Bertz CT molecular complexity index is 731. The second-order valence-electron chi connectivity index (χ2n) is 6.46. The summed E-state index contributed by atoms with van der Waals surface area (Å²) in [6.45, 7) is 7.04. The number of carbonyl (C=O) groups excluding carboxylic acids is 2. The minimum absolute atomic E-state index is 0.0246. The zero-order chi connectivity index (χ0) is 20.4. The molecule has 0 bridgehead atoms. The molecule has 1 atom stereocenters. The van der Waals surface area contributed by atoms with Crippen molar-refractivity contribution in [3.63, 3.8) is 0 Å². The average Bonchev–Trinajstić information content (AvgIpc) is 3.23. The summed E-state index contributed by atoms with van der Waals surface area (Å²) in [5, 5.41) is 9.94. The van der Waals surface area contributed by atoms with E-state index in [1.165, 1.54) is 29.8 Å².